The highest BCUT2D eigenvalue weighted by Gasteiger charge is 2.09. The Balaban J connectivity index is 2.16. The average molecular weight is 252 g/mol. The molecule has 0 radical (unpaired) electrons. The molecule has 0 saturated carbocycles. The number of pyridine rings is 1. The number of benzene rings is 1. The summed E-state index contributed by atoms with van der Waals surface area (Å²) in [6, 6.07) is 11.3. The molecule has 0 atom stereocenters. The molecular weight excluding hydrogens is 240 g/mol. The number of nitrogens with one attached hydrogen (secondary N) is 1. The third-order valence-electron chi connectivity index (χ3n) is 3.05. The lowest BCUT2D eigenvalue weighted by Crippen LogP contribution is -2.00. The molecule has 0 spiro atoms. The second kappa shape index (κ2) is 4.57. The first-order chi connectivity index (χ1) is 9.29. The van der Waals surface area contributed by atoms with Crippen LogP contribution in [0.5, 0.6) is 0 Å². The minimum atomic E-state index is -0.332. The van der Waals surface area contributed by atoms with Gasteiger partial charge in [-0.3, -0.25) is 0 Å². The lowest BCUT2D eigenvalue weighted by Gasteiger charge is -2.05. The summed E-state index contributed by atoms with van der Waals surface area (Å²) < 4.78 is 4.74. The Hall–Kier alpha value is -2.62. The first-order valence-electron chi connectivity index (χ1n) is 5.90. The number of esters is 1. The van der Waals surface area contributed by atoms with Crippen LogP contribution in [0.4, 0.5) is 0 Å². The average Bonchev–Trinajstić information content (AvgIpc) is 2.94. The van der Waals surface area contributed by atoms with Crippen molar-refractivity contribution in [3.05, 3.63) is 54.4 Å². The molecule has 0 unspecified atom stereocenters. The Bertz CT molecular complexity index is 746. The molecule has 0 aliphatic heterocycles. The molecule has 4 nitrogen and oxygen atoms in total. The maximum Gasteiger partial charge on any atom is 0.337 e. The van der Waals surface area contributed by atoms with Crippen molar-refractivity contribution in [3.63, 3.8) is 0 Å². The first kappa shape index (κ1) is 11.5. The van der Waals surface area contributed by atoms with Gasteiger partial charge in [0.2, 0.25) is 0 Å². The maximum atomic E-state index is 11.6. The van der Waals surface area contributed by atoms with Crippen LogP contribution in [0.15, 0.2) is 48.8 Å². The van der Waals surface area contributed by atoms with Gasteiger partial charge in [0, 0.05) is 17.8 Å². The Morgan fingerprint density at radius 1 is 1.26 bits per heavy atom. The van der Waals surface area contributed by atoms with E-state index in [1.807, 2.05) is 36.5 Å². The van der Waals surface area contributed by atoms with Gasteiger partial charge in [-0.15, -0.1) is 0 Å². The van der Waals surface area contributed by atoms with E-state index in [0.717, 1.165) is 22.2 Å². The van der Waals surface area contributed by atoms with Crippen LogP contribution >= 0.6 is 0 Å². The highest BCUT2D eigenvalue weighted by molar-refractivity contribution is 5.96. The highest BCUT2D eigenvalue weighted by Crippen LogP contribution is 2.27. The molecule has 0 fully saturated rings. The molecule has 19 heavy (non-hydrogen) atoms. The van der Waals surface area contributed by atoms with Crippen LogP contribution in [-0.2, 0) is 4.74 Å². The Morgan fingerprint density at radius 3 is 3.00 bits per heavy atom. The molecule has 0 aliphatic carbocycles. The van der Waals surface area contributed by atoms with Crippen LogP contribution in [0.2, 0.25) is 0 Å². The lowest BCUT2D eigenvalue weighted by atomic mass is 10.0. The number of carbonyl (C=O) groups is 1. The van der Waals surface area contributed by atoms with Crippen LogP contribution in [0.25, 0.3) is 22.2 Å². The van der Waals surface area contributed by atoms with Crippen molar-refractivity contribution in [2.24, 2.45) is 0 Å². The Labute approximate surface area is 110 Å². The second-order valence-corrected chi connectivity index (χ2v) is 4.17. The molecule has 1 N–H and O–H groups in total. The predicted molar refractivity (Wildman–Crippen MR) is 72.9 cm³/mol. The summed E-state index contributed by atoms with van der Waals surface area (Å²) >= 11 is 0. The molecule has 3 rings (SSSR count). The van der Waals surface area contributed by atoms with Gasteiger partial charge in [0.25, 0.3) is 0 Å². The van der Waals surface area contributed by atoms with E-state index in [0.29, 0.717) is 5.56 Å². The van der Waals surface area contributed by atoms with Gasteiger partial charge < -0.3 is 9.72 Å². The quantitative estimate of drug-likeness (QED) is 0.713. The van der Waals surface area contributed by atoms with Gasteiger partial charge in [0.05, 0.1) is 12.7 Å². The lowest BCUT2D eigenvalue weighted by molar-refractivity contribution is 0.0601. The highest BCUT2D eigenvalue weighted by atomic mass is 16.5. The van der Waals surface area contributed by atoms with Crippen LogP contribution in [0.1, 0.15) is 10.4 Å². The second-order valence-electron chi connectivity index (χ2n) is 4.17. The van der Waals surface area contributed by atoms with Gasteiger partial charge >= 0.3 is 5.97 Å². The molecule has 0 saturated heterocycles. The van der Waals surface area contributed by atoms with Crippen molar-refractivity contribution in [1.82, 2.24) is 9.97 Å². The van der Waals surface area contributed by atoms with Gasteiger partial charge in [-0.25, -0.2) is 9.78 Å². The minimum absolute atomic E-state index is 0.332. The van der Waals surface area contributed by atoms with E-state index in [4.69, 9.17) is 4.74 Å². The number of hydrogen-bond acceptors (Lipinski definition) is 3. The van der Waals surface area contributed by atoms with Crippen LogP contribution in [0.3, 0.4) is 0 Å². The predicted octanol–water partition coefficient (Wildman–Crippen LogP) is 3.02. The summed E-state index contributed by atoms with van der Waals surface area (Å²) in [7, 11) is 1.38. The van der Waals surface area contributed by atoms with Gasteiger partial charge in [-0.1, -0.05) is 12.1 Å². The number of hydrogen-bond donors (Lipinski definition) is 1. The SMILES string of the molecule is COC(=O)c1cccc(-c2ccnc3[nH]ccc23)c1. The largest absolute Gasteiger partial charge is 0.465 e. The van der Waals surface area contributed by atoms with Gasteiger partial charge in [-0.05, 0) is 35.4 Å². The number of carbonyl (C=O) groups excluding carboxylic acids is 1. The van der Waals surface area contributed by atoms with Crippen molar-refractivity contribution in [2.75, 3.05) is 7.11 Å². The van der Waals surface area contributed by atoms with Crippen molar-refractivity contribution in [2.45, 2.75) is 0 Å². The van der Waals surface area contributed by atoms with E-state index in [1.165, 1.54) is 7.11 Å². The monoisotopic (exact) mass is 252 g/mol. The van der Waals surface area contributed by atoms with E-state index in [9.17, 15) is 4.79 Å². The molecule has 3 aromatic rings. The van der Waals surface area contributed by atoms with E-state index < -0.39 is 0 Å². The standard InChI is InChI=1S/C15H12N2O2/c1-19-15(18)11-4-2-3-10(9-11)12-5-7-16-14-13(12)6-8-17-14/h2-9H,1H3,(H,16,17). The van der Waals surface area contributed by atoms with Crippen molar-refractivity contribution in [1.29, 1.82) is 0 Å². The normalized spacial score (nSPS) is 10.6. The number of rotatable bonds is 2. The molecule has 0 aliphatic rings. The number of ether oxygens (including phenoxy) is 1. The van der Waals surface area contributed by atoms with Gasteiger partial charge in [0.15, 0.2) is 0 Å². The zero-order chi connectivity index (χ0) is 13.2. The number of nitrogens with zero attached hydrogens (tertiary/aromatic N) is 1. The van der Waals surface area contributed by atoms with Crippen LogP contribution < -0.4 is 0 Å². The molecule has 4 heteroatoms. The third kappa shape index (κ3) is 1.97. The minimum Gasteiger partial charge on any atom is -0.465 e. The third-order valence-corrected chi connectivity index (χ3v) is 3.05. The Kier molecular flexibility index (Phi) is 2.76. The summed E-state index contributed by atoms with van der Waals surface area (Å²) in [6.45, 7) is 0. The molecule has 0 bridgehead atoms. The zero-order valence-corrected chi connectivity index (χ0v) is 10.4. The maximum absolute atomic E-state index is 11.6. The number of fused-ring (bicyclic) bond motifs is 1. The summed E-state index contributed by atoms with van der Waals surface area (Å²) in [5.74, 6) is -0.332. The summed E-state index contributed by atoms with van der Waals surface area (Å²) in [6.07, 6.45) is 3.60. The number of H-pyrrole nitrogens is 1. The summed E-state index contributed by atoms with van der Waals surface area (Å²) in [5.41, 5.74) is 3.38. The van der Waals surface area contributed by atoms with Crippen molar-refractivity contribution in [3.8, 4) is 11.1 Å². The van der Waals surface area contributed by atoms with Crippen molar-refractivity contribution < 1.29 is 9.53 Å². The smallest absolute Gasteiger partial charge is 0.337 e. The van der Waals surface area contributed by atoms with E-state index in [1.54, 1.807) is 12.3 Å². The molecular formula is C15H12N2O2. The number of aromatic amines is 1. The fourth-order valence-corrected chi connectivity index (χ4v) is 2.14. The summed E-state index contributed by atoms with van der Waals surface area (Å²) in [4.78, 5) is 18.9. The Morgan fingerprint density at radius 2 is 2.16 bits per heavy atom. The zero-order valence-electron chi connectivity index (χ0n) is 10.4. The van der Waals surface area contributed by atoms with E-state index >= 15 is 0 Å². The number of methoxy groups -OCH3 is 1. The van der Waals surface area contributed by atoms with Crippen molar-refractivity contribution >= 4 is 17.0 Å². The van der Waals surface area contributed by atoms with Crippen LogP contribution in [0, 0.1) is 0 Å². The van der Waals surface area contributed by atoms with Crippen LogP contribution in [-0.4, -0.2) is 23.0 Å². The molecule has 1 aromatic carbocycles. The van der Waals surface area contributed by atoms with E-state index in [-0.39, 0.29) is 5.97 Å². The molecule has 94 valence electrons. The van der Waals surface area contributed by atoms with Gasteiger partial charge in [0.1, 0.15) is 5.65 Å². The summed E-state index contributed by atoms with van der Waals surface area (Å²) in [5, 5.41) is 1.03. The van der Waals surface area contributed by atoms with E-state index in [2.05, 4.69) is 9.97 Å². The fraction of sp³-hybridized carbons (Fsp3) is 0.0667. The molecule has 2 aromatic heterocycles. The first-order valence-corrected chi connectivity index (χ1v) is 5.90. The molecule has 0 amide bonds. The fourth-order valence-electron chi connectivity index (χ4n) is 2.14. The van der Waals surface area contributed by atoms with Gasteiger partial charge in [-0.2, -0.15) is 0 Å². The topological polar surface area (TPSA) is 55.0 Å². The molecule has 2 heterocycles. The number of aromatic nitrogens is 2.